The number of aromatic amines is 1. The zero-order valence-corrected chi connectivity index (χ0v) is 24.4. The molecule has 1 amide bonds. The number of amides is 1. The van der Waals surface area contributed by atoms with Crippen LogP contribution >= 0.6 is 0 Å². The molecule has 3 heterocycles. The number of ether oxygens (including phenoxy) is 1. The Labute approximate surface area is 232 Å². The smallest absolute Gasteiger partial charge is 0.444 e. The average Bonchev–Trinajstić information content (AvgIpc) is 3.54. The van der Waals surface area contributed by atoms with E-state index in [4.69, 9.17) is 19.0 Å². The fourth-order valence-corrected chi connectivity index (χ4v) is 5.18. The number of carbonyl (C=O) groups is 1. The molecule has 0 bridgehead atoms. The summed E-state index contributed by atoms with van der Waals surface area (Å²) in [5, 5.41) is 0. The third-order valence-corrected chi connectivity index (χ3v) is 8.14. The van der Waals surface area contributed by atoms with Crippen molar-refractivity contribution in [2.75, 3.05) is 0 Å². The summed E-state index contributed by atoms with van der Waals surface area (Å²) in [5.74, 6) is 0.794. The Bertz CT molecular complexity index is 1310. The number of hydrogen-bond donors (Lipinski definition) is 1. The molecule has 0 aliphatic carbocycles. The number of hydrogen-bond acceptors (Lipinski definition) is 5. The summed E-state index contributed by atoms with van der Waals surface area (Å²) >= 11 is 0. The second kappa shape index (κ2) is 9.83. The van der Waals surface area contributed by atoms with Crippen LogP contribution in [0.3, 0.4) is 0 Å². The largest absolute Gasteiger partial charge is 0.494 e. The van der Waals surface area contributed by atoms with Gasteiger partial charge in [0.1, 0.15) is 11.4 Å². The number of likely N-dealkylation sites (tertiary alicyclic amines) is 1. The average molecular weight is 529 g/mol. The summed E-state index contributed by atoms with van der Waals surface area (Å²) in [4.78, 5) is 22.9. The van der Waals surface area contributed by atoms with Crippen molar-refractivity contribution < 1.29 is 18.8 Å². The highest BCUT2D eigenvalue weighted by atomic mass is 16.7. The molecule has 1 aromatic heterocycles. The highest BCUT2D eigenvalue weighted by molar-refractivity contribution is 6.62. The lowest BCUT2D eigenvalue weighted by molar-refractivity contribution is 0.00578. The van der Waals surface area contributed by atoms with Gasteiger partial charge in [0.2, 0.25) is 0 Å². The standard InChI is InChI=1S/C31H40BN3O4/c1-20-9-18-26(35(20)28(36)37-29(2,3)4)27-33-19-25(34-27)23-12-10-21(11-13-23)22-14-16-24(17-15-22)32-38-30(5,6)31(7,8)39-32/h10-17,19-20,26H,9,18H2,1-8H3,(H,33,34)/t20-,26-/m0/s1. The molecule has 0 unspecified atom stereocenters. The number of aromatic nitrogens is 2. The van der Waals surface area contributed by atoms with Crippen LogP contribution in [-0.2, 0) is 14.0 Å². The van der Waals surface area contributed by atoms with Crippen molar-refractivity contribution in [3.63, 3.8) is 0 Å². The van der Waals surface area contributed by atoms with E-state index < -0.39 is 5.60 Å². The molecular weight excluding hydrogens is 489 g/mol. The lowest BCUT2D eigenvalue weighted by atomic mass is 9.78. The topological polar surface area (TPSA) is 76.7 Å². The van der Waals surface area contributed by atoms with Crippen LogP contribution in [0.25, 0.3) is 22.4 Å². The Morgan fingerprint density at radius 2 is 1.49 bits per heavy atom. The van der Waals surface area contributed by atoms with E-state index in [2.05, 4.69) is 88.1 Å². The second-order valence-corrected chi connectivity index (χ2v) is 12.8. The number of benzene rings is 2. The van der Waals surface area contributed by atoms with Crippen LogP contribution < -0.4 is 5.46 Å². The highest BCUT2D eigenvalue weighted by Crippen LogP contribution is 2.38. The Morgan fingerprint density at radius 3 is 2.05 bits per heavy atom. The fraction of sp³-hybridized carbons (Fsp3) is 0.484. The van der Waals surface area contributed by atoms with Crippen molar-refractivity contribution >= 4 is 18.7 Å². The van der Waals surface area contributed by atoms with Crippen LogP contribution in [-0.4, -0.2) is 50.9 Å². The van der Waals surface area contributed by atoms with Crippen molar-refractivity contribution in [2.24, 2.45) is 0 Å². The summed E-state index contributed by atoms with van der Waals surface area (Å²) in [7, 11) is -0.366. The molecule has 2 atom stereocenters. The Kier molecular flexibility index (Phi) is 6.92. The lowest BCUT2D eigenvalue weighted by Gasteiger charge is -2.32. The first-order valence-electron chi connectivity index (χ1n) is 13.9. The number of imidazole rings is 1. The number of carbonyl (C=O) groups excluding carboxylic acids is 1. The summed E-state index contributed by atoms with van der Waals surface area (Å²) in [6.45, 7) is 16.0. The van der Waals surface area contributed by atoms with Crippen LogP contribution in [0.4, 0.5) is 4.79 Å². The van der Waals surface area contributed by atoms with Crippen LogP contribution in [0.2, 0.25) is 0 Å². The molecule has 5 rings (SSSR count). The summed E-state index contributed by atoms with van der Waals surface area (Å²) in [6.07, 6.45) is 3.40. The molecule has 0 spiro atoms. The van der Waals surface area contributed by atoms with Crippen molar-refractivity contribution in [1.29, 1.82) is 0 Å². The predicted molar refractivity (Wildman–Crippen MR) is 155 cm³/mol. The van der Waals surface area contributed by atoms with Gasteiger partial charge in [-0.1, -0.05) is 48.5 Å². The van der Waals surface area contributed by atoms with Crippen LogP contribution in [0, 0.1) is 0 Å². The van der Waals surface area contributed by atoms with Gasteiger partial charge in [-0.3, -0.25) is 4.90 Å². The maximum atomic E-state index is 12.9. The Balaban J connectivity index is 1.28. The van der Waals surface area contributed by atoms with Gasteiger partial charge in [0.15, 0.2) is 0 Å². The molecule has 2 aromatic carbocycles. The van der Waals surface area contributed by atoms with Gasteiger partial charge in [0.25, 0.3) is 0 Å². The van der Waals surface area contributed by atoms with E-state index in [1.165, 1.54) is 0 Å². The molecule has 3 aromatic rings. The maximum Gasteiger partial charge on any atom is 0.494 e. The molecule has 206 valence electrons. The molecule has 7 nitrogen and oxygen atoms in total. The number of nitrogens with zero attached hydrogens (tertiary/aromatic N) is 2. The molecule has 0 saturated carbocycles. The van der Waals surface area contributed by atoms with Gasteiger partial charge >= 0.3 is 13.2 Å². The minimum atomic E-state index is -0.535. The molecular formula is C31H40BN3O4. The summed E-state index contributed by atoms with van der Waals surface area (Å²) in [6, 6.07) is 16.7. The second-order valence-electron chi connectivity index (χ2n) is 12.8. The van der Waals surface area contributed by atoms with Gasteiger partial charge in [0.05, 0.1) is 22.9 Å². The molecule has 0 radical (unpaired) electrons. The maximum absolute atomic E-state index is 12.9. The highest BCUT2D eigenvalue weighted by Gasteiger charge is 2.51. The molecule has 1 N–H and O–H groups in total. The Morgan fingerprint density at radius 1 is 0.949 bits per heavy atom. The third-order valence-electron chi connectivity index (χ3n) is 8.14. The van der Waals surface area contributed by atoms with Gasteiger partial charge < -0.3 is 19.0 Å². The van der Waals surface area contributed by atoms with Gasteiger partial charge in [0, 0.05) is 17.8 Å². The van der Waals surface area contributed by atoms with Crippen molar-refractivity contribution in [2.45, 2.75) is 97.1 Å². The zero-order valence-electron chi connectivity index (χ0n) is 24.4. The molecule has 39 heavy (non-hydrogen) atoms. The van der Waals surface area contributed by atoms with E-state index in [9.17, 15) is 4.79 Å². The summed E-state index contributed by atoms with van der Waals surface area (Å²) in [5.41, 5.74) is 3.88. The SMILES string of the molecule is C[C@H]1CC[C@@H](c2nc(-c3ccc(-c4ccc(B5OC(C)(C)C(C)(C)O5)cc4)cc3)c[nH]2)N1C(=O)OC(C)(C)C. The number of H-pyrrole nitrogens is 1. The molecule has 2 fully saturated rings. The zero-order chi connectivity index (χ0) is 28.2. The van der Waals surface area contributed by atoms with Crippen LogP contribution in [0.1, 0.15) is 80.1 Å². The minimum Gasteiger partial charge on any atom is -0.444 e. The van der Waals surface area contributed by atoms with Gasteiger partial charge in [-0.05, 0) is 84.8 Å². The van der Waals surface area contributed by atoms with E-state index in [1.54, 1.807) is 0 Å². The molecule has 8 heteroatoms. The lowest BCUT2D eigenvalue weighted by Crippen LogP contribution is -2.41. The predicted octanol–water partition coefficient (Wildman–Crippen LogP) is 6.50. The van der Waals surface area contributed by atoms with Crippen LogP contribution in [0.15, 0.2) is 54.7 Å². The van der Waals surface area contributed by atoms with Gasteiger partial charge in [-0.25, -0.2) is 9.78 Å². The van der Waals surface area contributed by atoms with Crippen molar-refractivity contribution in [1.82, 2.24) is 14.9 Å². The van der Waals surface area contributed by atoms with Gasteiger partial charge in [-0.2, -0.15) is 0 Å². The van der Waals surface area contributed by atoms with Gasteiger partial charge in [-0.15, -0.1) is 0 Å². The number of nitrogens with one attached hydrogen (secondary N) is 1. The molecule has 2 saturated heterocycles. The van der Waals surface area contributed by atoms with E-state index in [0.29, 0.717) is 0 Å². The summed E-state index contributed by atoms with van der Waals surface area (Å²) < 4.78 is 18.0. The fourth-order valence-electron chi connectivity index (χ4n) is 5.18. The third kappa shape index (κ3) is 5.50. The van der Waals surface area contributed by atoms with E-state index in [0.717, 1.165) is 46.5 Å². The van der Waals surface area contributed by atoms with Crippen molar-refractivity contribution in [3.8, 4) is 22.4 Å². The normalized spacial score (nSPS) is 22.4. The quantitative estimate of drug-likeness (QED) is 0.391. The van der Waals surface area contributed by atoms with E-state index in [1.807, 2.05) is 31.9 Å². The first-order valence-corrected chi connectivity index (χ1v) is 13.9. The monoisotopic (exact) mass is 529 g/mol. The first-order chi connectivity index (χ1) is 18.2. The van der Waals surface area contributed by atoms with Crippen LogP contribution in [0.5, 0.6) is 0 Å². The Hall–Kier alpha value is -3.10. The van der Waals surface area contributed by atoms with E-state index in [-0.39, 0.29) is 36.5 Å². The first kappa shape index (κ1) is 27.5. The molecule has 2 aliphatic heterocycles. The van der Waals surface area contributed by atoms with E-state index >= 15 is 0 Å². The minimum absolute atomic E-state index is 0.105. The number of rotatable bonds is 4. The van der Waals surface area contributed by atoms with Crippen molar-refractivity contribution in [3.05, 3.63) is 60.6 Å². The molecule has 2 aliphatic rings.